The molecule has 1 aromatic carbocycles. The molecule has 0 radical (unpaired) electrons. The maximum absolute atomic E-state index is 11.6. The Morgan fingerprint density at radius 2 is 2.30 bits per heavy atom. The summed E-state index contributed by atoms with van der Waals surface area (Å²) in [5.74, 6) is 0. The van der Waals surface area contributed by atoms with Gasteiger partial charge < -0.3 is 15.4 Å². The fraction of sp³-hybridized carbons (Fsp3) is 0.333. The van der Waals surface area contributed by atoms with Crippen LogP contribution < -0.4 is 10.9 Å². The molecule has 0 aliphatic rings. The third-order valence-electron chi connectivity index (χ3n) is 3.03. The maximum atomic E-state index is 11.6. The van der Waals surface area contributed by atoms with Crippen LogP contribution in [0.15, 0.2) is 23.3 Å². The quantitative estimate of drug-likeness (QED) is 0.554. The van der Waals surface area contributed by atoms with E-state index in [4.69, 9.17) is 0 Å². The second-order valence-corrected chi connectivity index (χ2v) is 4.31. The highest BCUT2D eigenvalue weighted by Gasteiger charge is 2.19. The second-order valence-electron chi connectivity index (χ2n) is 4.31. The molecule has 2 rings (SSSR count). The number of H-pyrrole nitrogens is 1. The van der Waals surface area contributed by atoms with E-state index in [-0.39, 0.29) is 29.4 Å². The number of aromatic amines is 1. The van der Waals surface area contributed by atoms with Crippen molar-refractivity contribution in [2.45, 2.75) is 19.4 Å². The third kappa shape index (κ3) is 2.59. The number of nitrogens with zero attached hydrogens (tertiary/aromatic N) is 2. The van der Waals surface area contributed by atoms with Crippen LogP contribution in [0, 0.1) is 10.1 Å². The van der Waals surface area contributed by atoms with Gasteiger partial charge in [-0.3, -0.25) is 14.9 Å². The summed E-state index contributed by atoms with van der Waals surface area (Å²) < 4.78 is 0. The topological polar surface area (TPSA) is 121 Å². The molecule has 0 fully saturated rings. The van der Waals surface area contributed by atoms with Crippen LogP contribution in [0.5, 0.6) is 0 Å². The van der Waals surface area contributed by atoms with E-state index in [1.807, 2.05) is 6.92 Å². The van der Waals surface area contributed by atoms with Gasteiger partial charge in [0, 0.05) is 12.1 Å². The van der Waals surface area contributed by atoms with Crippen LogP contribution >= 0.6 is 0 Å². The molecule has 0 amide bonds. The first-order valence-electron chi connectivity index (χ1n) is 6.10. The first kappa shape index (κ1) is 13.9. The van der Waals surface area contributed by atoms with Crippen LogP contribution in [0.25, 0.3) is 10.9 Å². The molecular weight excluding hydrogens is 264 g/mol. The molecule has 1 heterocycles. The highest BCUT2D eigenvalue weighted by atomic mass is 16.6. The molecule has 0 saturated carbocycles. The highest BCUT2D eigenvalue weighted by Crippen LogP contribution is 2.28. The van der Waals surface area contributed by atoms with E-state index in [2.05, 4.69) is 15.3 Å². The zero-order valence-electron chi connectivity index (χ0n) is 10.8. The van der Waals surface area contributed by atoms with Crippen molar-refractivity contribution in [2.24, 2.45) is 0 Å². The third-order valence-corrected chi connectivity index (χ3v) is 3.03. The van der Waals surface area contributed by atoms with Crippen molar-refractivity contribution in [3.63, 3.8) is 0 Å². The Bertz CT molecular complexity index is 693. The smallest absolute Gasteiger partial charge is 0.293 e. The van der Waals surface area contributed by atoms with Gasteiger partial charge in [-0.25, -0.2) is 4.98 Å². The van der Waals surface area contributed by atoms with Gasteiger partial charge in [0.1, 0.15) is 5.69 Å². The van der Waals surface area contributed by atoms with Crippen molar-refractivity contribution in [1.82, 2.24) is 9.97 Å². The Balaban J connectivity index is 2.60. The van der Waals surface area contributed by atoms with E-state index >= 15 is 0 Å². The van der Waals surface area contributed by atoms with E-state index < -0.39 is 10.5 Å². The molecule has 0 saturated heterocycles. The molecule has 2 aromatic rings. The highest BCUT2D eigenvalue weighted by molar-refractivity contribution is 5.86. The average Bonchev–Trinajstić information content (AvgIpc) is 2.44. The summed E-state index contributed by atoms with van der Waals surface area (Å²) in [7, 11) is 0. The summed E-state index contributed by atoms with van der Waals surface area (Å²) in [5, 5.41) is 23.3. The van der Waals surface area contributed by atoms with Crippen LogP contribution in [0.1, 0.15) is 13.3 Å². The summed E-state index contributed by atoms with van der Waals surface area (Å²) in [5.41, 5.74) is -0.0575. The molecule has 8 heteroatoms. The zero-order chi connectivity index (χ0) is 14.7. The lowest BCUT2D eigenvalue weighted by Crippen LogP contribution is -2.23. The molecule has 106 valence electrons. The minimum Gasteiger partial charge on any atom is -0.394 e. The molecule has 20 heavy (non-hydrogen) atoms. The van der Waals surface area contributed by atoms with Crippen LogP contribution in [-0.2, 0) is 0 Å². The zero-order valence-corrected chi connectivity index (χ0v) is 10.8. The van der Waals surface area contributed by atoms with Crippen LogP contribution in [0.2, 0.25) is 0 Å². The van der Waals surface area contributed by atoms with Gasteiger partial charge in [-0.2, -0.15) is 0 Å². The van der Waals surface area contributed by atoms with Gasteiger partial charge >= 0.3 is 0 Å². The molecule has 0 bridgehead atoms. The monoisotopic (exact) mass is 278 g/mol. The van der Waals surface area contributed by atoms with Crippen LogP contribution in [0.4, 0.5) is 11.4 Å². The van der Waals surface area contributed by atoms with Crippen molar-refractivity contribution < 1.29 is 10.0 Å². The number of fused-ring (bicyclic) bond motifs is 1. The number of aliphatic hydroxyl groups excluding tert-OH is 1. The molecule has 0 aliphatic heterocycles. The molecule has 1 aromatic heterocycles. The number of benzene rings is 1. The van der Waals surface area contributed by atoms with Crippen molar-refractivity contribution in [3.05, 3.63) is 38.9 Å². The summed E-state index contributed by atoms with van der Waals surface area (Å²) in [6, 6.07) is 2.34. The summed E-state index contributed by atoms with van der Waals surface area (Å²) in [6.07, 6.45) is 1.85. The standard InChI is InChI=1S/C12H14N4O4/c1-2-7(5-17)15-10-4-9-8(3-11(10)16(19)20)12(18)14-6-13-9/h3-4,6-7,15,17H,2,5H2,1H3,(H,13,14,18). The number of hydrogen-bond acceptors (Lipinski definition) is 6. The first-order valence-corrected chi connectivity index (χ1v) is 6.10. The Kier molecular flexibility index (Phi) is 3.94. The normalized spacial score (nSPS) is 12.3. The molecule has 3 N–H and O–H groups in total. The van der Waals surface area contributed by atoms with Gasteiger partial charge in [-0.05, 0) is 12.5 Å². The predicted molar refractivity (Wildman–Crippen MR) is 73.8 cm³/mol. The van der Waals surface area contributed by atoms with Gasteiger partial charge in [0.2, 0.25) is 0 Å². The van der Waals surface area contributed by atoms with Crippen LogP contribution in [0.3, 0.4) is 0 Å². The Morgan fingerprint density at radius 3 is 2.90 bits per heavy atom. The number of hydrogen-bond donors (Lipinski definition) is 3. The minimum absolute atomic E-state index is 0.144. The van der Waals surface area contributed by atoms with Gasteiger partial charge in [0.05, 0.1) is 28.8 Å². The number of aliphatic hydroxyl groups is 1. The second kappa shape index (κ2) is 5.66. The number of nitro benzene ring substituents is 1. The van der Waals surface area contributed by atoms with E-state index in [0.717, 1.165) is 0 Å². The summed E-state index contributed by atoms with van der Waals surface area (Å²) >= 11 is 0. The number of nitrogens with one attached hydrogen (secondary N) is 2. The van der Waals surface area contributed by atoms with Crippen molar-refractivity contribution in [2.75, 3.05) is 11.9 Å². The predicted octanol–water partition coefficient (Wildman–Crippen LogP) is 1.01. The lowest BCUT2D eigenvalue weighted by molar-refractivity contribution is -0.383. The fourth-order valence-corrected chi connectivity index (χ4v) is 1.87. The Morgan fingerprint density at radius 1 is 1.55 bits per heavy atom. The molecule has 0 aliphatic carbocycles. The molecular formula is C12H14N4O4. The van der Waals surface area contributed by atoms with E-state index in [1.165, 1.54) is 18.5 Å². The van der Waals surface area contributed by atoms with Gasteiger partial charge in [-0.1, -0.05) is 6.92 Å². The van der Waals surface area contributed by atoms with Gasteiger partial charge in [0.15, 0.2) is 0 Å². The first-order chi connectivity index (χ1) is 9.56. The summed E-state index contributed by atoms with van der Waals surface area (Å²) in [4.78, 5) is 28.5. The van der Waals surface area contributed by atoms with E-state index in [0.29, 0.717) is 11.9 Å². The summed E-state index contributed by atoms with van der Waals surface area (Å²) in [6.45, 7) is 1.71. The lowest BCUT2D eigenvalue weighted by Gasteiger charge is -2.15. The Labute approximate surface area is 113 Å². The molecule has 1 atom stereocenters. The number of nitro groups is 1. The maximum Gasteiger partial charge on any atom is 0.293 e. The van der Waals surface area contributed by atoms with E-state index in [1.54, 1.807) is 0 Å². The SMILES string of the molecule is CCC(CO)Nc1cc2nc[nH]c(=O)c2cc1[N+](=O)[O-]. The van der Waals surface area contributed by atoms with E-state index in [9.17, 15) is 20.0 Å². The molecule has 1 unspecified atom stereocenters. The number of anilines is 1. The number of rotatable bonds is 5. The Hall–Kier alpha value is -2.48. The van der Waals surface area contributed by atoms with Crippen molar-refractivity contribution in [3.8, 4) is 0 Å². The number of aromatic nitrogens is 2. The van der Waals surface area contributed by atoms with Crippen molar-refractivity contribution >= 4 is 22.3 Å². The average molecular weight is 278 g/mol. The fourth-order valence-electron chi connectivity index (χ4n) is 1.87. The van der Waals surface area contributed by atoms with Crippen molar-refractivity contribution in [1.29, 1.82) is 0 Å². The molecule has 8 nitrogen and oxygen atoms in total. The largest absolute Gasteiger partial charge is 0.394 e. The minimum atomic E-state index is -0.571. The van der Waals surface area contributed by atoms with Gasteiger partial charge in [0.25, 0.3) is 11.2 Å². The van der Waals surface area contributed by atoms with Crippen LogP contribution in [-0.4, -0.2) is 32.6 Å². The molecule has 0 spiro atoms. The van der Waals surface area contributed by atoms with Gasteiger partial charge in [-0.15, -0.1) is 0 Å². The lowest BCUT2D eigenvalue weighted by atomic mass is 10.1.